The Morgan fingerprint density at radius 2 is 2.00 bits per heavy atom. The highest BCUT2D eigenvalue weighted by atomic mass is 16.5. The Kier molecular flexibility index (Phi) is 4.41. The third-order valence-corrected chi connectivity index (χ3v) is 5.72. The molecule has 1 atom stereocenters. The smallest absolute Gasteiger partial charge is 0.317 e. The van der Waals surface area contributed by atoms with Gasteiger partial charge in [-0.25, -0.2) is 0 Å². The average molecular weight is 310 g/mol. The van der Waals surface area contributed by atoms with E-state index in [1.165, 1.54) is 0 Å². The molecule has 0 aromatic rings. The summed E-state index contributed by atoms with van der Waals surface area (Å²) in [5, 5.41) is 12.1. The van der Waals surface area contributed by atoms with Gasteiger partial charge in [0, 0.05) is 31.2 Å². The summed E-state index contributed by atoms with van der Waals surface area (Å²) in [5.41, 5.74) is 0.226. The average Bonchev–Trinajstić information content (AvgIpc) is 3.14. The number of carbonyl (C=O) groups is 2. The van der Waals surface area contributed by atoms with Gasteiger partial charge in [0.25, 0.3) is 0 Å². The summed E-state index contributed by atoms with van der Waals surface area (Å²) in [6.45, 7) is 4.39. The molecule has 0 aromatic heterocycles. The molecule has 2 N–H and O–H groups in total. The largest absolute Gasteiger partial charge is 0.480 e. The number of likely N-dealkylation sites (N-methyl/N-ethyl adjacent to an activating group) is 1. The van der Waals surface area contributed by atoms with Crippen molar-refractivity contribution in [3.05, 3.63) is 0 Å². The van der Waals surface area contributed by atoms with Crippen molar-refractivity contribution < 1.29 is 19.4 Å². The van der Waals surface area contributed by atoms with E-state index in [0.717, 1.165) is 51.9 Å². The lowest BCUT2D eigenvalue weighted by Crippen LogP contribution is -2.55. The van der Waals surface area contributed by atoms with E-state index in [9.17, 15) is 9.59 Å². The number of hydrogen-bond acceptors (Lipinski definition) is 4. The van der Waals surface area contributed by atoms with Gasteiger partial charge < -0.3 is 15.2 Å². The predicted octanol–water partition coefficient (Wildman–Crippen LogP) is 0.857. The van der Waals surface area contributed by atoms with E-state index < -0.39 is 5.97 Å². The van der Waals surface area contributed by atoms with Crippen LogP contribution in [0.15, 0.2) is 0 Å². The van der Waals surface area contributed by atoms with E-state index in [-0.39, 0.29) is 29.8 Å². The topological polar surface area (TPSA) is 78.9 Å². The van der Waals surface area contributed by atoms with Gasteiger partial charge in [-0.2, -0.15) is 0 Å². The van der Waals surface area contributed by atoms with Crippen LogP contribution in [0.4, 0.5) is 0 Å². The second-order valence-corrected chi connectivity index (χ2v) is 7.02. The van der Waals surface area contributed by atoms with Gasteiger partial charge in [0.1, 0.15) is 0 Å². The minimum absolute atomic E-state index is 0.0908. The maximum Gasteiger partial charge on any atom is 0.317 e. The first kappa shape index (κ1) is 15.7. The van der Waals surface area contributed by atoms with E-state index in [2.05, 4.69) is 5.32 Å². The van der Waals surface area contributed by atoms with Crippen LogP contribution in [0.5, 0.6) is 0 Å². The standard InChI is InChI=1S/C16H26N2O4/c1-2-18(10-14(19)20)12-7-11(8-12)17-15(21)13-9-16(13)3-5-22-6-4-16/h11-13H,2-10H2,1H3,(H,17,21)(H,19,20)/t11?,12?,13-/m1/s1. The van der Waals surface area contributed by atoms with Gasteiger partial charge in [-0.3, -0.25) is 14.5 Å². The molecule has 1 amide bonds. The Labute approximate surface area is 131 Å². The number of carboxylic acids is 1. The third-order valence-electron chi connectivity index (χ3n) is 5.72. The number of carbonyl (C=O) groups excluding carboxylic acids is 1. The molecule has 0 aromatic carbocycles. The number of hydrogen-bond donors (Lipinski definition) is 2. The van der Waals surface area contributed by atoms with Crippen LogP contribution in [0, 0.1) is 11.3 Å². The molecule has 6 heteroatoms. The van der Waals surface area contributed by atoms with Crippen LogP contribution >= 0.6 is 0 Å². The minimum Gasteiger partial charge on any atom is -0.480 e. The van der Waals surface area contributed by atoms with Crippen LogP contribution in [0.1, 0.15) is 39.0 Å². The summed E-state index contributed by atoms with van der Waals surface area (Å²) in [6.07, 6.45) is 4.78. The molecule has 0 radical (unpaired) electrons. The highest BCUT2D eigenvalue weighted by Crippen LogP contribution is 2.59. The summed E-state index contributed by atoms with van der Waals surface area (Å²) in [7, 11) is 0. The van der Waals surface area contributed by atoms with Gasteiger partial charge in [0.2, 0.25) is 5.91 Å². The van der Waals surface area contributed by atoms with Crippen molar-refractivity contribution in [3.63, 3.8) is 0 Å². The van der Waals surface area contributed by atoms with E-state index in [1.54, 1.807) is 0 Å². The van der Waals surface area contributed by atoms with Crippen LogP contribution in [0.3, 0.4) is 0 Å². The zero-order valence-corrected chi connectivity index (χ0v) is 13.2. The second-order valence-electron chi connectivity index (χ2n) is 7.02. The molecule has 1 spiro atoms. The molecule has 3 fully saturated rings. The normalized spacial score (nSPS) is 32.5. The van der Waals surface area contributed by atoms with Crippen molar-refractivity contribution in [3.8, 4) is 0 Å². The van der Waals surface area contributed by atoms with Crippen molar-refractivity contribution in [2.75, 3.05) is 26.3 Å². The summed E-state index contributed by atoms with van der Waals surface area (Å²) in [5.74, 6) is -0.405. The molecule has 0 bridgehead atoms. The minimum atomic E-state index is -0.784. The summed E-state index contributed by atoms with van der Waals surface area (Å²) >= 11 is 0. The Morgan fingerprint density at radius 3 is 2.59 bits per heavy atom. The zero-order valence-electron chi connectivity index (χ0n) is 13.2. The van der Waals surface area contributed by atoms with E-state index >= 15 is 0 Å². The number of amides is 1. The van der Waals surface area contributed by atoms with Gasteiger partial charge in [-0.05, 0) is 44.1 Å². The lowest BCUT2D eigenvalue weighted by atomic mass is 9.85. The van der Waals surface area contributed by atoms with Crippen molar-refractivity contribution in [2.45, 2.75) is 51.1 Å². The Hall–Kier alpha value is -1.14. The molecule has 2 saturated carbocycles. The third kappa shape index (κ3) is 3.13. The number of aliphatic carboxylic acids is 1. The molecule has 2 aliphatic carbocycles. The highest BCUT2D eigenvalue weighted by Gasteiger charge is 2.58. The van der Waals surface area contributed by atoms with Crippen LogP contribution in [0.25, 0.3) is 0 Å². The maximum absolute atomic E-state index is 12.3. The molecule has 22 heavy (non-hydrogen) atoms. The summed E-state index contributed by atoms with van der Waals surface area (Å²) in [4.78, 5) is 25.1. The number of rotatable bonds is 6. The lowest BCUT2D eigenvalue weighted by Gasteiger charge is -2.42. The predicted molar refractivity (Wildman–Crippen MR) is 80.4 cm³/mol. The van der Waals surface area contributed by atoms with Crippen LogP contribution < -0.4 is 5.32 Å². The number of nitrogens with zero attached hydrogens (tertiary/aromatic N) is 1. The molecule has 0 unspecified atom stereocenters. The van der Waals surface area contributed by atoms with Crippen LogP contribution in [-0.2, 0) is 14.3 Å². The maximum atomic E-state index is 12.3. The molecular weight excluding hydrogens is 284 g/mol. The molecule has 3 rings (SSSR count). The van der Waals surface area contributed by atoms with Gasteiger partial charge in [-0.1, -0.05) is 6.92 Å². The van der Waals surface area contributed by atoms with E-state index in [0.29, 0.717) is 6.04 Å². The van der Waals surface area contributed by atoms with Crippen molar-refractivity contribution in [2.24, 2.45) is 11.3 Å². The van der Waals surface area contributed by atoms with Gasteiger partial charge in [0.05, 0.1) is 6.54 Å². The fourth-order valence-corrected chi connectivity index (χ4v) is 4.03. The lowest BCUT2D eigenvalue weighted by molar-refractivity contribution is -0.140. The molecule has 1 saturated heterocycles. The van der Waals surface area contributed by atoms with Crippen molar-refractivity contribution in [1.82, 2.24) is 10.2 Å². The summed E-state index contributed by atoms with van der Waals surface area (Å²) in [6, 6.07) is 0.514. The Bertz CT molecular complexity index is 441. The monoisotopic (exact) mass is 310 g/mol. The molecule has 1 aliphatic heterocycles. The zero-order chi connectivity index (χ0) is 15.7. The highest BCUT2D eigenvalue weighted by molar-refractivity contribution is 5.83. The second kappa shape index (κ2) is 6.16. The first-order chi connectivity index (χ1) is 10.5. The van der Waals surface area contributed by atoms with Gasteiger partial charge in [0.15, 0.2) is 0 Å². The molecule has 1 heterocycles. The van der Waals surface area contributed by atoms with Crippen LogP contribution in [-0.4, -0.2) is 60.3 Å². The molecule has 124 valence electrons. The van der Waals surface area contributed by atoms with Gasteiger partial charge in [-0.15, -0.1) is 0 Å². The molecule has 6 nitrogen and oxygen atoms in total. The van der Waals surface area contributed by atoms with E-state index in [1.807, 2.05) is 11.8 Å². The fourth-order valence-electron chi connectivity index (χ4n) is 4.03. The Morgan fingerprint density at radius 1 is 1.32 bits per heavy atom. The molecular formula is C16H26N2O4. The summed E-state index contributed by atoms with van der Waals surface area (Å²) < 4.78 is 5.39. The SMILES string of the molecule is CCN(CC(=O)O)C1CC(NC(=O)[C@H]2CC23CCOCC3)C1. The van der Waals surface area contributed by atoms with Crippen LogP contribution in [0.2, 0.25) is 0 Å². The molecule has 3 aliphatic rings. The Balaban J connectivity index is 1.41. The number of ether oxygens (including phenoxy) is 1. The first-order valence-corrected chi connectivity index (χ1v) is 8.38. The fraction of sp³-hybridized carbons (Fsp3) is 0.875. The van der Waals surface area contributed by atoms with E-state index in [4.69, 9.17) is 9.84 Å². The number of nitrogens with one attached hydrogen (secondary N) is 1. The van der Waals surface area contributed by atoms with Crippen molar-refractivity contribution in [1.29, 1.82) is 0 Å². The van der Waals surface area contributed by atoms with Gasteiger partial charge >= 0.3 is 5.97 Å². The van der Waals surface area contributed by atoms with Crippen molar-refractivity contribution >= 4 is 11.9 Å². The number of carboxylic acid groups (broad SMARTS) is 1. The quantitative estimate of drug-likeness (QED) is 0.760. The first-order valence-electron chi connectivity index (χ1n) is 8.38.